The first kappa shape index (κ1) is 12.8. The van der Waals surface area contributed by atoms with Crippen LogP contribution in [0, 0.1) is 6.92 Å². The highest BCUT2D eigenvalue weighted by Gasteiger charge is 2.23. The summed E-state index contributed by atoms with van der Waals surface area (Å²) in [6.07, 6.45) is 0. The van der Waals surface area contributed by atoms with Crippen molar-refractivity contribution in [1.29, 1.82) is 0 Å². The number of likely N-dealkylation sites (N-methyl/N-ethyl adjacent to an activating group) is 1. The third-order valence-corrected chi connectivity index (χ3v) is 3.31. The number of piperazine rings is 1. The zero-order valence-electron chi connectivity index (χ0n) is 11.1. The summed E-state index contributed by atoms with van der Waals surface area (Å²) in [6, 6.07) is 3.61. The maximum Gasteiger partial charge on any atom is 0.335 e. The summed E-state index contributed by atoms with van der Waals surface area (Å²) < 4.78 is 0. The smallest absolute Gasteiger partial charge is 0.335 e. The number of carbonyl (C=O) groups is 1. The molecular formula is C13H19N3O2. The highest BCUT2D eigenvalue weighted by molar-refractivity contribution is 5.88. The molecule has 0 aliphatic carbocycles. The van der Waals surface area contributed by atoms with Gasteiger partial charge in [-0.3, -0.25) is 0 Å². The van der Waals surface area contributed by atoms with Crippen LogP contribution >= 0.6 is 0 Å². The monoisotopic (exact) mass is 249 g/mol. The molecular weight excluding hydrogens is 230 g/mol. The molecule has 1 saturated heterocycles. The topological polar surface area (TPSA) is 56.7 Å². The maximum atomic E-state index is 11.1. The van der Waals surface area contributed by atoms with E-state index in [2.05, 4.69) is 28.8 Å². The Balaban J connectivity index is 2.30. The van der Waals surface area contributed by atoms with Crippen LogP contribution in [0.4, 0.5) is 5.82 Å². The first-order chi connectivity index (χ1) is 8.47. The van der Waals surface area contributed by atoms with Crippen molar-refractivity contribution in [2.75, 3.05) is 31.6 Å². The number of aromatic carboxylic acids is 1. The number of carboxylic acids is 1. The minimum atomic E-state index is -0.900. The minimum Gasteiger partial charge on any atom is -0.478 e. The highest BCUT2D eigenvalue weighted by atomic mass is 16.4. The lowest BCUT2D eigenvalue weighted by atomic mass is 10.1. The Morgan fingerprint density at radius 1 is 1.44 bits per heavy atom. The van der Waals surface area contributed by atoms with Gasteiger partial charge in [0, 0.05) is 31.4 Å². The van der Waals surface area contributed by atoms with E-state index in [1.54, 1.807) is 12.1 Å². The van der Waals surface area contributed by atoms with Gasteiger partial charge in [-0.15, -0.1) is 0 Å². The predicted octanol–water partition coefficient (Wildman–Crippen LogP) is 1.23. The van der Waals surface area contributed by atoms with E-state index in [1.165, 1.54) is 0 Å². The number of carboxylic acid groups (broad SMARTS) is 1. The van der Waals surface area contributed by atoms with Crippen LogP contribution in [-0.4, -0.2) is 53.7 Å². The van der Waals surface area contributed by atoms with Crippen LogP contribution in [0.2, 0.25) is 0 Å². The molecule has 0 aromatic carbocycles. The first-order valence-corrected chi connectivity index (χ1v) is 6.14. The van der Waals surface area contributed by atoms with Gasteiger partial charge < -0.3 is 14.9 Å². The molecule has 1 fully saturated rings. The lowest BCUT2D eigenvalue weighted by Crippen LogP contribution is -2.50. The van der Waals surface area contributed by atoms with Crippen LogP contribution in [0.15, 0.2) is 12.1 Å². The SMILES string of the molecule is Cc1cc(C(=O)O)cc(N2CCN(C)CC2C)n1. The molecule has 1 atom stereocenters. The van der Waals surface area contributed by atoms with Gasteiger partial charge in [0.25, 0.3) is 0 Å². The Kier molecular flexibility index (Phi) is 3.52. The number of anilines is 1. The minimum absolute atomic E-state index is 0.309. The van der Waals surface area contributed by atoms with Crippen LogP contribution in [0.5, 0.6) is 0 Å². The zero-order chi connectivity index (χ0) is 13.3. The summed E-state index contributed by atoms with van der Waals surface area (Å²) in [7, 11) is 2.10. The van der Waals surface area contributed by atoms with Crippen molar-refractivity contribution in [3.63, 3.8) is 0 Å². The fraction of sp³-hybridized carbons (Fsp3) is 0.538. The van der Waals surface area contributed by atoms with Crippen molar-refractivity contribution in [2.45, 2.75) is 19.9 Å². The summed E-state index contributed by atoms with van der Waals surface area (Å²) in [5, 5.41) is 9.09. The number of aromatic nitrogens is 1. The van der Waals surface area contributed by atoms with Crippen LogP contribution in [0.1, 0.15) is 23.0 Å². The average Bonchev–Trinajstić information content (AvgIpc) is 2.27. The lowest BCUT2D eigenvalue weighted by molar-refractivity contribution is 0.0696. The van der Waals surface area contributed by atoms with E-state index in [-0.39, 0.29) is 0 Å². The number of aryl methyl sites for hydroxylation is 1. The lowest BCUT2D eigenvalue weighted by Gasteiger charge is -2.39. The molecule has 5 heteroatoms. The number of nitrogens with zero attached hydrogens (tertiary/aromatic N) is 3. The molecule has 1 unspecified atom stereocenters. The number of pyridine rings is 1. The van der Waals surface area contributed by atoms with Crippen molar-refractivity contribution >= 4 is 11.8 Å². The van der Waals surface area contributed by atoms with E-state index >= 15 is 0 Å². The van der Waals surface area contributed by atoms with E-state index in [9.17, 15) is 4.79 Å². The van der Waals surface area contributed by atoms with E-state index < -0.39 is 5.97 Å². The fourth-order valence-electron chi connectivity index (χ4n) is 2.40. The maximum absolute atomic E-state index is 11.1. The third kappa shape index (κ3) is 2.61. The molecule has 1 N–H and O–H groups in total. The molecule has 98 valence electrons. The van der Waals surface area contributed by atoms with Crippen LogP contribution in [0.3, 0.4) is 0 Å². The van der Waals surface area contributed by atoms with Crippen molar-refractivity contribution in [3.8, 4) is 0 Å². The molecule has 2 heterocycles. The van der Waals surface area contributed by atoms with Gasteiger partial charge in [0.05, 0.1) is 5.56 Å². The Morgan fingerprint density at radius 3 is 2.78 bits per heavy atom. The van der Waals surface area contributed by atoms with Crippen molar-refractivity contribution in [1.82, 2.24) is 9.88 Å². The molecule has 18 heavy (non-hydrogen) atoms. The van der Waals surface area contributed by atoms with Crippen LogP contribution in [0.25, 0.3) is 0 Å². The molecule has 1 aromatic rings. The summed E-state index contributed by atoms with van der Waals surface area (Å²) in [5.41, 5.74) is 1.06. The summed E-state index contributed by atoms with van der Waals surface area (Å²) >= 11 is 0. The molecule has 0 amide bonds. The average molecular weight is 249 g/mol. The highest BCUT2D eigenvalue weighted by Crippen LogP contribution is 2.20. The number of hydrogen-bond acceptors (Lipinski definition) is 4. The standard InChI is InChI=1S/C13H19N3O2/c1-9-6-11(13(17)18)7-12(14-9)16-5-4-15(3)8-10(16)2/h6-7,10H,4-5,8H2,1-3H3,(H,17,18). The fourth-order valence-corrected chi connectivity index (χ4v) is 2.40. The van der Waals surface area contributed by atoms with Gasteiger partial charge in [-0.2, -0.15) is 0 Å². The predicted molar refractivity (Wildman–Crippen MR) is 70.2 cm³/mol. The molecule has 0 spiro atoms. The van der Waals surface area contributed by atoms with E-state index in [4.69, 9.17) is 5.11 Å². The van der Waals surface area contributed by atoms with Crippen LogP contribution < -0.4 is 4.90 Å². The largest absolute Gasteiger partial charge is 0.478 e. The molecule has 1 aliphatic heterocycles. The molecule has 5 nitrogen and oxygen atoms in total. The number of rotatable bonds is 2. The molecule has 1 aromatic heterocycles. The molecule has 2 rings (SSSR count). The zero-order valence-corrected chi connectivity index (χ0v) is 11.1. The van der Waals surface area contributed by atoms with Gasteiger partial charge >= 0.3 is 5.97 Å². The van der Waals surface area contributed by atoms with Crippen molar-refractivity contribution in [2.24, 2.45) is 0 Å². The van der Waals surface area contributed by atoms with E-state index in [0.29, 0.717) is 11.6 Å². The van der Waals surface area contributed by atoms with Gasteiger partial charge in [0.2, 0.25) is 0 Å². The molecule has 0 bridgehead atoms. The van der Waals surface area contributed by atoms with Gasteiger partial charge in [-0.25, -0.2) is 9.78 Å². The third-order valence-electron chi connectivity index (χ3n) is 3.31. The second-order valence-corrected chi connectivity index (χ2v) is 4.97. The first-order valence-electron chi connectivity index (χ1n) is 6.14. The quantitative estimate of drug-likeness (QED) is 0.854. The van der Waals surface area contributed by atoms with Crippen LogP contribution in [-0.2, 0) is 0 Å². The molecule has 1 aliphatic rings. The van der Waals surface area contributed by atoms with Gasteiger partial charge in [-0.05, 0) is 33.0 Å². The summed E-state index contributed by atoms with van der Waals surface area (Å²) in [5.74, 6) is -0.128. The van der Waals surface area contributed by atoms with Crippen molar-refractivity contribution in [3.05, 3.63) is 23.4 Å². The second kappa shape index (κ2) is 4.94. The molecule has 0 radical (unpaired) electrons. The second-order valence-electron chi connectivity index (χ2n) is 4.97. The Labute approximate surface area is 107 Å². The molecule has 0 saturated carbocycles. The number of hydrogen-bond donors (Lipinski definition) is 1. The summed E-state index contributed by atoms with van der Waals surface area (Å²) in [4.78, 5) is 20.0. The van der Waals surface area contributed by atoms with Gasteiger partial charge in [-0.1, -0.05) is 0 Å². The van der Waals surface area contributed by atoms with Gasteiger partial charge in [0.1, 0.15) is 5.82 Å². The Hall–Kier alpha value is -1.62. The van der Waals surface area contributed by atoms with Crippen molar-refractivity contribution < 1.29 is 9.90 Å². The Bertz CT molecular complexity index is 462. The normalized spacial score (nSPS) is 21.1. The van der Waals surface area contributed by atoms with Gasteiger partial charge in [0.15, 0.2) is 0 Å². The Morgan fingerprint density at radius 2 is 2.17 bits per heavy atom. The summed E-state index contributed by atoms with van der Waals surface area (Å²) in [6.45, 7) is 6.80. The van der Waals surface area contributed by atoms with E-state index in [1.807, 2.05) is 6.92 Å². The van der Waals surface area contributed by atoms with E-state index in [0.717, 1.165) is 31.1 Å².